The van der Waals surface area contributed by atoms with Crippen LogP contribution in [0.4, 0.5) is 0 Å². The Morgan fingerprint density at radius 1 is 1.40 bits per heavy atom. The number of ketones is 1. The van der Waals surface area contributed by atoms with Gasteiger partial charge in [-0.3, -0.25) is 14.5 Å². The molecule has 0 spiro atoms. The smallest absolute Gasteiger partial charge is 0.234 e. The lowest BCUT2D eigenvalue weighted by atomic mass is 9.95. The minimum absolute atomic E-state index is 0.114. The first-order valence-electron chi connectivity index (χ1n) is 8.18. The normalized spacial score (nSPS) is 28.8. The maximum Gasteiger partial charge on any atom is 0.234 e. The molecule has 2 aliphatic rings. The maximum atomic E-state index is 12.1. The van der Waals surface area contributed by atoms with Crippen molar-refractivity contribution in [3.63, 3.8) is 0 Å². The van der Waals surface area contributed by atoms with E-state index in [4.69, 9.17) is 0 Å². The van der Waals surface area contributed by atoms with Gasteiger partial charge in [0.05, 0.1) is 6.54 Å². The number of nitrogens with zero attached hydrogens (tertiary/aromatic N) is 1. The molecule has 1 aliphatic heterocycles. The molecule has 1 saturated heterocycles. The first kappa shape index (κ1) is 15.5. The molecular weight excluding hydrogens is 252 g/mol. The topological polar surface area (TPSA) is 49.4 Å². The van der Waals surface area contributed by atoms with Crippen LogP contribution < -0.4 is 5.32 Å². The predicted molar refractivity (Wildman–Crippen MR) is 79.5 cm³/mol. The molecule has 0 bridgehead atoms. The van der Waals surface area contributed by atoms with E-state index in [-0.39, 0.29) is 17.9 Å². The Morgan fingerprint density at radius 3 is 2.85 bits per heavy atom. The summed E-state index contributed by atoms with van der Waals surface area (Å²) in [4.78, 5) is 26.3. The number of Topliss-reactive ketones (excluding diaryl/α,β-unsaturated/α-hetero) is 1. The number of hydrogen-bond acceptors (Lipinski definition) is 3. The average Bonchev–Trinajstić information content (AvgIpc) is 2.97. The van der Waals surface area contributed by atoms with Crippen LogP contribution in [-0.2, 0) is 9.59 Å². The molecule has 1 amide bonds. The van der Waals surface area contributed by atoms with E-state index in [9.17, 15) is 9.59 Å². The van der Waals surface area contributed by atoms with Crippen LogP contribution in [0.25, 0.3) is 0 Å². The lowest BCUT2D eigenvalue weighted by Crippen LogP contribution is -2.45. The highest BCUT2D eigenvalue weighted by Gasteiger charge is 2.38. The van der Waals surface area contributed by atoms with Crippen LogP contribution in [0, 0.1) is 5.92 Å². The zero-order valence-electron chi connectivity index (χ0n) is 12.9. The Bertz CT molecular complexity index is 356. The van der Waals surface area contributed by atoms with Crippen LogP contribution in [0.15, 0.2) is 0 Å². The molecule has 3 unspecified atom stereocenters. The molecule has 0 aromatic rings. The van der Waals surface area contributed by atoms with Crippen molar-refractivity contribution >= 4 is 11.7 Å². The van der Waals surface area contributed by atoms with Crippen molar-refractivity contribution in [3.05, 3.63) is 0 Å². The van der Waals surface area contributed by atoms with Gasteiger partial charge in [-0.05, 0) is 45.6 Å². The Hall–Kier alpha value is -0.900. The standard InChI is InChI=1S/C16H28N2O2/c1-3-6-12(2)17-16(20)11-18-10-5-8-14(18)13-7-4-9-15(13)19/h12-14H,3-11H2,1-2H3,(H,17,20). The van der Waals surface area contributed by atoms with Gasteiger partial charge in [0.15, 0.2) is 0 Å². The van der Waals surface area contributed by atoms with E-state index in [2.05, 4.69) is 24.1 Å². The van der Waals surface area contributed by atoms with Gasteiger partial charge >= 0.3 is 0 Å². The molecule has 114 valence electrons. The molecule has 1 aliphatic carbocycles. The predicted octanol–water partition coefficient (Wildman–Crippen LogP) is 2.12. The van der Waals surface area contributed by atoms with Gasteiger partial charge in [-0.2, -0.15) is 0 Å². The number of rotatable bonds is 6. The minimum Gasteiger partial charge on any atom is -0.353 e. The van der Waals surface area contributed by atoms with Crippen molar-refractivity contribution in [3.8, 4) is 0 Å². The number of nitrogens with one attached hydrogen (secondary N) is 1. The van der Waals surface area contributed by atoms with Crippen LogP contribution in [-0.4, -0.2) is 41.8 Å². The molecule has 3 atom stereocenters. The highest BCUT2D eigenvalue weighted by atomic mass is 16.2. The Morgan fingerprint density at radius 2 is 2.20 bits per heavy atom. The summed E-state index contributed by atoms with van der Waals surface area (Å²) >= 11 is 0. The van der Waals surface area contributed by atoms with Gasteiger partial charge in [0.25, 0.3) is 0 Å². The van der Waals surface area contributed by atoms with Gasteiger partial charge in [0.2, 0.25) is 5.91 Å². The molecule has 0 aromatic heterocycles. The molecule has 2 fully saturated rings. The van der Waals surface area contributed by atoms with E-state index in [1.807, 2.05) is 0 Å². The second-order valence-electron chi connectivity index (χ2n) is 6.40. The third-order valence-corrected chi connectivity index (χ3v) is 4.71. The van der Waals surface area contributed by atoms with Crippen LogP contribution in [0.2, 0.25) is 0 Å². The lowest BCUT2D eigenvalue weighted by molar-refractivity contribution is -0.126. The van der Waals surface area contributed by atoms with E-state index in [0.717, 1.165) is 51.5 Å². The fraction of sp³-hybridized carbons (Fsp3) is 0.875. The molecule has 2 rings (SSSR count). The highest BCUT2D eigenvalue weighted by molar-refractivity contribution is 5.84. The van der Waals surface area contributed by atoms with E-state index in [1.165, 1.54) is 0 Å². The molecule has 0 radical (unpaired) electrons. The molecule has 4 heteroatoms. The number of carbonyl (C=O) groups excluding carboxylic acids is 2. The molecular formula is C16H28N2O2. The second kappa shape index (κ2) is 7.21. The average molecular weight is 280 g/mol. The Labute approximate surface area is 122 Å². The van der Waals surface area contributed by atoms with Gasteiger partial charge in [-0.15, -0.1) is 0 Å². The quantitative estimate of drug-likeness (QED) is 0.811. The molecule has 20 heavy (non-hydrogen) atoms. The third kappa shape index (κ3) is 3.81. The Balaban J connectivity index is 1.84. The van der Waals surface area contributed by atoms with Crippen LogP contribution in [0.1, 0.15) is 58.8 Å². The minimum atomic E-state index is 0.114. The van der Waals surface area contributed by atoms with E-state index >= 15 is 0 Å². The molecule has 0 aromatic carbocycles. The monoisotopic (exact) mass is 280 g/mol. The van der Waals surface area contributed by atoms with Gasteiger partial charge in [-0.1, -0.05) is 13.3 Å². The van der Waals surface area contributed by atoms with Crippen molar-refractivity contribution in [2.24, 2.45) is 5.92 Å². The molecule has 4 nitrogen and oxygen atoms in total. The first-order valence-corrected chi connectivity index (χ1v) is 8.18. The van der Waals surface area contributed by atoms with E-state index < -0.39 is 0 Å². The van der Waals surface area contributed by atoms with Crippen molar-refractivity contribution in [1.29, 1.82) is 0 Å². The zero-order valence-corrected chi connectivity index (χ0v) is 12.9. The summed E-state index contributed by atoms with van der Waals surface area (Å²) in [5.74, 6) is 0.725. The summed E-state index contributed by atoms with van der Waals surface area (Å²) in [6, 6.07) is 0.568. The van der Waals surface area contributed by atoms with E-state index in [1.54, 1.807) is 0 Å². The molecule has 1 heterocycles. The van der Waals surface area contributed by atoms with Gasteiger partial charge in [0.1, 0.15) is 5.78 Å². The summed E-state index contributed by atoms with van der Waals surface area (Å²) in [6.07, 6.45) is 7.11. The van der Waals surface area contributed by atoms with Crippen molar-refractivity contribution in [2.45, 2.75) is 70.9 Å². The van der Waals surface area contributed by atoms with Crippen molar-refractivity contribution in [2.75, 3.05) is 13.1 Å². The summed E-state index contributed by atoms with van der Waals surface area (Å²) in [7, 11) is 0. The number of carbonyl (C=O) groups is 2. The van der Waals surface area contributed by atoms with Gasteiger partial charge in [-0.25, -0.2) is 0 Å². The molecule has 1 N–H and O–H groups in total. The van der Waals surface area contributed by atoms with Gasteiger partial charge < -0.3 is 5.32 Å². The fourth-order valence-corrected chi connectivity index (χ4v) is 3.76. The lowest BCUT2D eigenvalue weighted by Gasteiger charge is -2.28. The van der Waals surface area contributed by atoms with Crippen LogP contribution in [0.5, 0.6) is 0 Å². The summed E-state index contributed by atoms with van der Waals surface area (Å²) < 4.78 is 0. The van der Waals surface area contributed by atoms with Crippen LogP contribution in [0.3, 0.4) is 0 Å². The molecule has 1 saturated carbocycles. The number of hydrogen-bond donors (Lipinski definition) is 1. The van der Waals surface area contributed by atoms with E-state index in [0.29, 0.717) is 18.4 Å². The van der Waals surface area contributed by atoms with Gasteiger partial charge in [0, 0.05) is 24.4 Å². The zero-order chi connectivity index (χ0) is 14.5. The van der Waals surface area contributed by atoms with Crippen LogP contribution >= 0.6 is 0 Å². The second-order valence-corrected chi connectivity index (χ2v) is 6.40. The SMILES string of the molecule is CCCC(C)NC(=O)CN1CCCC1C1CCCC1=O. The van der Waals surface area contributed by atoms with Crippen molar-refractivity contribution in [1.82, 2.24) is 10.2 Å². The fourth-order valence-electron chi connectivity index (χ4n) is 3.76. The first-order chi connectivity index (χ1) is 9.61. The van der Waals surface area contributed by atoms with Crippen molar-refractivity contribution < 1.29 is 9.59 Å². The number of amides is 1. The third-order valence-electron chi connectivity index (χ3n) is 4.71. The maximum absolute atomic E-state index is 12.1. The Kier molecular flexibility index (Phi) is 5.58. The summed E-state index contributed by atoms with van der Waals surface area (Å²) in [6.45, 7) is 5.61. The largest absolute Gasteiger partial charge is 0.353 e. The summed E-state index contributed by atoms with van der Waals surface area (Å²) in [5.41, 5.74) is 0. The summed E-state index contributed by atoms with van der Waals surface area (Å²) in [5, 5.41) is 3.06. The number of likely N-dealkylation sites (tertiary alicyclic amines) is 1. The highest BCUT2D eigenvalue weighted by Crippen LogP contribution is 2.32.